The van der Waals surface area contributed by atoms with Gasteiger partial charge < -0.3 is 15.4 Å². The van der Waals surface area contributed by atoms with Crippen molar-refractivity contribution >= 4 is 28.5 Å². The average Bonchev–Trinajstić information content (AvgIpc) is 2.94. The van der Waals surface area contributed by atoms with Gasteiger partial charge in [-0.05, 0) is 30.2 Å². The average molecular weight is 322 g/mol. The Labute approximate surface area is 139 Å². The number of hydrogen-bond donors (Lipinski definition) is 3. The Morgan fingerprint density at radius 2 is 1.79 bits per heavy atom. The van der Waals surface area contributed by atoms with Gasteiger partial charge in [0.1, 0.15) is 5.69 Å². The van der Waals surface area contributed by atoms with E-state index in [-0.39, 0.29) is 18.0 Å². The number of carboxylic acids is 1. The molecule has 3 N–H and O–H groups in total. The van der Waals surface area contributed by atoms with Crippen LogP contribution in [0.1, 0.15) is 28.5 Å². The van der Waals surface area contributed by atoms with E-state index in [1.807, 2.05) is 42.5 Å². The van der Waals surface area contributed by atoms with Crippen molar-refractivity contribution in [2.45, 2.75) is 19.8 Å². The van der Waals surface area contributed by atoms with Crippen LogP contribution in [0.4, 0.5) is 5.69 Å². The number of H-pyrrole nitrogens is 1. The van der Waals surface area contributed by atoms with Gasteiger partial charge in [-0.3, -0.25) is 4.79 Å². The van der Waals surface area contributed by atoms with Crippen molar-refractivity contribution in [2.75, 3.05) is 5.32 Å². The van der Waals surface area contributed by atoms with Gasteiger partial charge in [0.2, 0.25) is 5.91 Å². The van der Waals surface area contributed by atoms with Gasteiger partial charge in [-0.1, -0.05) is 37.3 Å². The number of para-hydroxylation sites is 1. The fraction of sp³-hybridized carbons (Fsp3) is 0.158. The molecule has 0 bridgehead atoms. The quantitative estimate of drug-likeness (QED) is 0.671. The maximum Gasteiger partial charge on any atom is 0.352 e. The molecule has 5 nitrogen and oxygen atoms in total. The number of carbonyl (C=O) groups excluding carboxylic acids is 1. The summed E-state index contributed by atoms with van der Waals surface area (Å²) in [6.45, 7) is 2.07. The molecule has 3 rings (SSSR count). The standard InChI is InChI=1S/C19H18N2O3/c1-2-12-7-9-13(10-8-12)20-17(22)11-15-14-5-3-4-6-16(14)21-18(15)19(23)24/h3-10,21H,2,11H2,1H3,(H,20,22)(H,23,24). The molecule has 0 saturated carbocycles. The Morgan fingerprint density at radius 1 is 1.08 bits per heavy atom. The van der Waals surface area contributed by atoms with Crippen LogP contribution in [0.2, 0.25) is 0 Å². The molecule has 5 heteroatoms. The molecule has 0 unspecified atom stereocenters. The van der Waals surface area contributed by atoms with Crippen LogP contribution in [-0.2, 0) is 17.6 Å². The van der Waals surface area contributed by atoms with Crippen molar-refractivity contribution < 1.29 is 14.7 Å². The third-order valence-corrected chi connectivity index (χ3v) is 4.01. The fourth-order valence-corrected chi connectivity index (χ4v) is 2.76. The molecule has 0 aliphatic rings. The lowest BCUT2D eigenvalue weighted by molar-refractivity contribution is -0.115. The SMILES string of the molecule is CCc1ccc(NC(=O)Cc2c(C(=O)O)[nH]c3ccccc23)cc1. The lowest BCUT2D eigenvalue weighted by Crippen LogP contribution is -2.16. The van der Waals surface area contributed by atoms with E-state index < -0.39 is 5.97 Å². The van der Waals surface area contributed by atoms with E-state index in [2.05, 4.69) is 17.2 Å². The maximum absolute atomic E-state index is 12.3. The lowest BCUT2D eigenvalue weighted by Gasteiger charge is -2.06. The highest BCUT2D eigenvalue weighted by molar-refractivity contribution is 6.02. The summed E-state index contributed by atoms with van der Waals surface area (Å²) in [6.07, 6.45) is 0.937. The van der Waals surface area contributed by atoms with Crippen LogP contribution in [0.15, 0.2) is 48.5 Å². The van der Waals surface area contributed by atoms with E-state index in [4.69, 9.17) is 0 Å². The molecule has 0 fully saturated rings. The number of nitrogens with one attached hydrogen (secondary N) is 2. The van der Waals surface area contributed by atoms with Crippen molar-refractivity contribution in [1.29, 1.82) is 0 Å². The fourth-order valence-electron chi connectivity index (χ4n) is 2.76. The second-order valence-electron chi connectivity index (χ2n) is 5.60. The second-order valence-corrected chi connectivity index (χ2v) is 5.60. The molecule has 1 heterocycles. The molecule has 0 saturated heterocycles. The molecule has 1 aromatic heterocycles. The first-order valence-corrected chi connectivity index (χ1v) is 7.80. The molecule has 122 valence electrons. The minimum atomic E-state index is -1.07. The van der Waals surface area contributed by atoms with E-state index in [9.17, 15) is 14.7 Å². The summed E-state index contributed by atoms with van der Waals surface area (Å²) in [4.78, 5) is 26.6. The minimum Gasteiger partial charge on any atom is -0.477 e. The van der Waals surface area contributed by atoms with Crippen LogP contribution in [0.3, 0.4) is 0 Å². The number of benzene rings is 2. The van der Waals surface area contributed by atoms with Crippen LogP contribution in [0, 0.1) is 0 Å². The van der Waals surface area contributed by atoms with E-state index in [0.717, 1.165) is 11.8 Å². The zero-order valence-corrected chi connectivity index (χ0v) is 13.3. The zero-order valence-electron chi connectivity index (χ0n) is 13.3. The highest BCUT2D eigenvalue weighted by Gasteiger charge is 2.19. The van der Waals surface area contributed by atoms with Crippen molar-refractivity contribution in [3.63, 3.8) is 0 Å². The van der Waals surface area contributed by atoms with E-state index in [1.165, 1.54) is 5.56 Å². The molecule has 0 aliphatic carbocycles. The summed E-state index contributed by atoms with van der Waals surface area (Å²) >= 11 is 0. The van der Waals surface area contributed by atoms with E-state index in [1.54, 1.807) is 6.07 Å². The van der Waals surface area contributed by atoms with Crippen molar-refractivity contribution in [3.8, 4) is 0 Å². The number of amides is 1. The molecule has 0 aliphatic heterocycles. The smallest absolute Gasteiger partial charge is 0.352 e. The van der Waals surface area contributed by atoms with Crippen molar-refractivity contribution in [2.24, 2.45) is 0 Å². The van der Waals surface area contributed by atoms with Gasteiger partial charge in [0.25, 0.3) is 0 Å². The third kappa shape index (κ3) is 3.15. The molecule has 2 aromatic carbocycles. The number of aromatic nitrogens is 1. The summed E-state index contributed by atoms with van der Waals surface area (Å²) in [5, 5.41) is 12.9. The Kier molecular flexibility index (Phi) is 4.33. The number of carbonyl (C=O) groups is 2. The summed E-state index contributed by atoms with van der Waals surface area (Å²) in [6, 6.07) is 14.9. The lowest BCUT2D eigenvalue weighted by atomic mass is 10.1. The van der Waals surface area contributed by atoms with Crippen LogP contribution in [-0.4, -0.2) is 22.0 Å². The molecular formula is C19H18N2O3. The van der Waals surface area contributed by atoms with Crippen molar-refractivity contribution in [3.05, 3.63) is 65.4 Å². The molecule has 24 heavy (non-hydrogen) atoms. The first-order chi connectivity index (χ1) is 11.6. The molecule has 0 radical (unpaired) electrons. The molecule has 0 atom stereocenters. The molecule has 3 aromatic rings. The van der Waals surface area contributed by atoms with Crippen LogP contribution in [0.5, 0.6) is 0 Å². The normalized spacial score (nSPS) is 10.7. The van der Waals surface area contributed by atoms with Crippen LogP contribution < -0.4 is 5.32 Å². The largest absolute Gasteiger partial charge is 0.477 e. The predicted molar refractivity (Wildman–Crippen MR) is 93.4 cm³/mol. The summed E-state index contributed by atoms with van der Waals surface area (Å²) in [5.41, 5.74) is 3.17. The van der Waals surface area contributed by atoms with Crippen LogP contribution in [0.25, 0.3) is 10.9 Å². The Hall–Kier alpha value is -3.08. The minimum absolute atomic E-state index is 0.00117. The topological polar surface area (TPSA) is 82.2 Å². The third-order valence-electron chi connectivity index (χ3n) is 4.01. The number of aryl methyl sites for hydroxylation is 1. The first-order valence-electron chi connectivity index (χ1n) is 7.80. The zero-order chi connectivity index (χ0) is 17.1. The highest BCUT2D eigenvalue weighted by Crippen LogP contribution is 2.23. The number of aromatic carboxylic acids is 1. The number of aromatic amines is 1. The van der Waals surface area contributed by atoms with Gasteiger partial charge in [-0.15, -0.1) is 0 Å². The molecule has 0 spiro atoms. The monoisotopic (exact) mass is 322 g/mol. The number of rotatable bonds is 5. The second kappa shape index (κ2) is 6.58. The van der Waals surface area contributed by atoms with Gasteiger partial charge in [-0.25, -0.2) is 4.79 Å². The Balaban J connectivity index is 1.84. The Morgan fingerprint density at radius 3 is 2.46 bits per heavy atom. The van der Waals surface area contributed by atoms with Gasteiger partial charge >= 0.3 is 5.97 Å². The number of hydrogen-bond acceptors (Lipinski definition) is 2. The predicted octanol–water partition coefficient (Wildman–Crippen LogP) is 3.61. The van der Waals surface area contributed by atoms with Gasteiger partial charge in [-0.2, -0.15) is 0 Å². The molecular weight excluding hydrogens is 304 g/mol. The first kappa shape index (κ1) is 15.8. The Bertz CT molecular complexity index is 895. The summed E-state index contributed by atoms with van der Waals surface area (Å²) < 4.78 is 0. The van der Waals surface area contributed by atoms with Crippen molar-refractivity contribution in [1.82, 2.24) is 4.98 Å². The summed E-state index contributed by atoms with van der Waals surface area (Å²) in [5.74, 6) is -1.31. The highest BCUT2D eigenvalue weighted by atomic mass is 16.4. The van der Waals surface area contributed by atoms with Gasteiger partial charge in [0.15, 0.2) is 0 Å². The maximum atomic E-state index is 12.3. The van der Waals surface area contributed by atoms with E-state index in [0.29, 0.717) is 16.8 Å². The summed E-state index contributed by atoms with van der Waals surface area (Å²) in [7, 11) is 0. The van der Waals surface area contributed by atoms with Gasteiger partial charge in [0.05, 0.1) is 6.42 Å². The molecule has 1 amide bonds. The number of carboxylic acid groups (broad SMARTS) is 1. The van der Waals surface area contributed by atoms with Gasteiger partial charge in [0, 0.05) is 22.2 Å². The van der Waals surface area contributed by atoms with E-state index >= 15 is 0 Å². The van der Waals surface area contributed by atoms with Crippen LogP contribution >= 0.6 is 0 Å². The number of fused-ring (bicyclic) bond motifs is 1. The number of anilines is 1.